The van der Waals surface area contributed by atoms with Crippen molar-refractivity contribution in [3.05, 3.63) is 39.7 Å². The van der Waals surface area contributed by atoms with Gasteiger partial charge in [-0.3, -0.25) is 4.79 Å². The van der Waals surface area contributed by atoms with Gasteiger partial charge in [-0.25, -0.2) is 22.8 Å². The van der Waals surface area contributed by atoms with Crippen molar-refractivity contribution in [2.45, 2.75) is 57.6 Å². The molecule has 0 fully saturated rings. The van der Waals surface area contributed by atoms with Gasteiger partial charge in [0.2, 0.25) is 0 Å². The number of aryl methyl sites for hydroxylation is 4. The SMILES string of the molecule is CCn1cc(S(=O)(=O)NCCn2nc3c(cc2=O)CCCC3)nc1C. The summed E-state index contributed by atoms with van der Waals surface area (Å²) in [5, 5.41) is 4.38. The zero-order valence-corrected chi connectivity index (χ0v) is 15.3. The molecule has 2 aromatic rings. The monoisotopic (exact) mass is 365 g/mol. The maximum atomic E-state index is 12.3. The molecule has 0 saturated heterocycles. The van der Waals surface area contributed by atoms with Crippen LogP contribution >= 0.6 is 0 Å². The normalized spacial score (nSPS) is 14.5. The third-order valence-electron chi connectivity index (χ3n) is 4.46. The van der Waals surface area contributed by atoms with Crippen LogP contribution in [0.15, 0.2) is 22.1 Å². The van der Waals surface area contributed by atoms with Crippen molar-refractivity contribution in [1.82, 2.24) is 24.1 Å². The van der Waals surface area contributed by atoms with Crippen molar-refractivity contribution in [3.63, 3.8) is 0 Å². The maximum absolute atomic E-state index is 12.3. The Morgan fingerprint density at radius 2 is 2.04 bits per heavy atom. The van der Waals surface area contributed by atoms with Crippen molar-refractivity contribution < 1.29 is 8.42 Å². The van der Waals surface area contributed by atoms with Crippen LogP contribution in [0.5, 0.6) is 0 Å². The summed E-state index contributed by atoms with van der Waals surface area (Å²) in [5.74, 6) is 0.649. The van der Waals surface area contributed by atoms with E-state index < -0.39 is 10.0 Å². The minimum absolute atomic E-state index is 0.00222. The van der Waals surface area contributed by atoms with E-state index >= 15 is 0 Å². The van der Waals surface area contributed by atoms with Gasteiger partial charge in [0.1, 0.15) is 5.82 Å². The average molecular weight is 365 g/mol. The number of hydrogen-bond donors (Lipinski definition) is 1. The first-order chi connectivity index (χ1) is 11.9. The molecule has 1 N–H and O–H groups in total. The van der Waals surface area contributed by atoms with Gasteiger partial charge in [-0.15, -0.1) is 0 Å². The highest BCUT2D eigenvalue weighted by Gasteiger charge is 2.19. The number of nitrogens with zero attached hydrogens (tertiary/aromatic N) is 4. The summed E-state index contributed by atoms with van der Waals surface area (Å²) in [7, 11) is -3.70. The van der Waals surface area contributed by atoms with E-state index in [1.807, 2.05) is 6.92 Å². The van der Waals surface area contributed by atoms with Crippen LogP contribution in [-0.4, -0.2) is 34.3 Å². The number of rotatable bonds is 6. The van der Waals surface area contributed by atoms with Gasteiger partial charge in [-0.05, 0) is 45.1 Å². The molecule has 0 unspecified atom stereocenters. The summed E-state index contributed by atoms with van der Waals surface area (Å²) < 4.78 is 30.2. The predicted molar refractivity (Wildman–Crippen MR) is 93.0 cm³/mol. The lowest BCUT2D eigenvalue weighted by Crippen LogP contribution is -2.33. The number of imidazole rings is 1. The molecule has 8 nitrogen and oxygen atoms in total. The average Bonchev–Trinajstić information content (AvgIpc) is 2.97. The molecule has 1 aliphatic carbocycles. The Hall–Kier alpha value is -2.00. The summed E-state index contributed by atoms with van der Waals surface area (Å²) in [5.41, 5.74) is 1.78. The fourth-order valence-corrected chi connectivity index (χ4v) is 4.08. The van der Waals surface area contributed by atoms with Gasteiger partial charge >= 0.3 is 0 Å². The van der Waals surface area contributed by atoms with Gasteiger partial charge in [0.25, 0.3) is 15.6 Å². The summed E-state index contributed by atoms with van der Waals surface area (Å²) in [6.07, 6.45) is 5.44. The molecule has 0 aliphatic heterocycles. The molecule has 0 radical (unpaired) electrons. The lowest BCUT2D eigenvalue weighted by Gasteiger charge is -2.15. The van der Waals surface area contributed by atoms with Gasteiger partial charge in [-0.1, -0.05) is 0 Å². The largest absolute Gasteiger partial charge is 0.334 e. The molecule has 2 aromatic heterocycles. The van der Waals surface area contributed by atoms with Crippen molar-refractivity contribution in [3.8, 4) is 0 Å². The van der Waals surface area contributed by atoms with Crippen molar-refractivity contribution >= 4 is 10.0 Å². The molecule has 2 heterocycles. The second-order valence-electron chi connectivity index (χ2n) is 6.19. The van der Waals surface area contributed by atoms with E-state index in [2.05, 4.69) is 14.8 Å². The Labute approximate surface area is 146 Å². The van der Waals surface area contributed by atoms with E-state index in [0.717, 1.165) is 36.9 Å². The Kier molecular flexibility index (Phi) is 5.05. The second-order valence-corrected chi connectivity index (χ2v) is 7.91. The van der Waals surface area contributed by atoms with Gasteiger partial charge in [0, 0.05) is 25.4 Å². The van der Waals surface area contributed by atoms with Gasteiger partial charge in [-0.2, -0.15) is 5.10 Å². The topological polar surface area (TPSA) is 98.9 Å². The van der Waals surface area contributed by atoms with Crippen molar-refractivity contribution in [1.29, 1.82) is 0 Å². The van der Waals surface area contributed by atoms with Crippen LogP contribution in [0.4, 0.5) is 0 Å². The van der Waals surface area contributed by atoms with E-state index in [0.29, 0.717) is 12.4 Å². The molecule has 136 valence electrons. The van der Waals surface area contributed by atoms with E-state index in [1.165, 1.54) is 10.9 Å². The maximum Gasteiger partial charge on any atom is 0.267 e. The number of fused-ring (bicyclic) bond motifs is 1. The molecule has 0 atom stereocenters. The third-order valence-corrected chi connectivity index (χ3v) is 5.79. The lowest BCUT2D eigenvalue weighted by atomic mass is 9.97. The first-order valence-corrected chi connectivity index (χ1v) is 10.0. The highest BCUT2D eigenvalue weighted by atomic mass is 32.2. The van der Waals surface area contributed by atoms with E-state index in [-0.39, 0.29) is 23.7 Å². The molecule has 9 heteroatoms. The Morgan fingerprint density at radius 3 is 2.76 bits per heavy atom. The van der Waals surface area contributed by atoms with Crippen LogP contribution in [0, 0.1) is 6.92 Å². The predicted octanol–water partition coefficient (Wildman–Crippen LogP) is 0.625. The zero-order chi connectivity index (χ0) is 18.0. The first kappa shape index (κ1) is 17.8. The number of aromatic nitrogens is 4. The quantitative estimate of drug-likeness (QED) is 0.809. The van der Waals surface area contributed by atoms with Gasteiger partial charge < -0.3 is 4.57 Å². The van der Waals surface area contributed by atoms with Crippen LogP contribution in [0.2, 0.25) is 0 Å². The van der Waals surface area contributed by atoms with Crippen LogP contribution in [0.3, 0.4) is 0 Å². The number of sulfonamides is 1. The fourth-order valence-electron chi connectivity index (χ4n) is 3.05. The molecule has 0 bridgehead atoms. The molecule has 25 heavy (non-hydrogen) atoms. The minimum Gasteiger partial charge on any atom is -0.334 e. The smallest absolute Gasteiger partial charge is 0.267 e. The molecule has 1 aliphatic rings. The fraction of sp³-hybridized carbons (Fsp3) is 0.562. The molecule has 0 spiro atoms. The summed E-state index contributed by atoms with van der Waals surface area (Å²) in [6.45, 7) is 4.62. The second kappa shape index (κ2) is 7.09. The zero-order valence-electron chi connectivity index (χ0n) is 14.5. The standard InChI is InChI=1S/C16H23N5O3S/c1-3-20-11-15(18-12(20)2)25(23,24)17-8-9-21-16(22)10-13-6-4-5-7-14(13)19-21/h10-11,17H,3-9H2,1-2H3. The van der Waals surface area contributed by atoms with E-state index in [9.17, 15) is 13.2 Å². The van der Waals surface area contributed by atoms with Gasteiger partial charge in [0.05, 0.1) is 12.2 Å². The van der Waals surface area contributed by atoms with Crippen LogP contribution in [-0.2, 0) is 36.0 Å². The van der Waals surface area contributed by atoms with Crippen LogP contribution < -0.4 is 10.3 Å². The molecular weight excluding hydrogens is 342 g/mol. The van der Waals surface area contributed by atoms with E-state index in [1.54, 1.807) is 17.6 Å². The minimum atomic E-state index is -3.70. The Balaban J connectivity index is 1.69. The van der Waals surface area contributed by atoms with Gasteiger partial charge in [0.15, 0.2) is 5.03 Å². The summed E-state index contributed by atoms with van der Waals surface area (Å²) in [6, 6.07) is 1.63. The van der Waals surface area contributed by atoms with Crippen LogP contribution in [0.1, 0.15) is 36.8 Å². The molecule has 3 rings (SSSR count). The lowest BCUT2D eigenvalue weighted by molar-refractivity contribution is 0.525. The van der Waals surface area contributed by atoms with Crippen molar-refractivity contribution in [2.24, 2.45) is 0 Å². The molecule has 0 saturated carbocycles. The number of nitrogens with one attached hydrogen (secondary N) is 1. The Bertz CT molecular complexity index is 930. The molecular formula is C16H23N5O3S. The van der Waals surface area contributed by atoms with E-state index in [4.69, 9.17) is 0 Å². The third kappa shape index (κ3) is 3.82. The summed E-state index contributed by atoms with van der Waals surface area (Å²) >= 11 is 0. The first-order valence-electron chi connectivity index (χ1n) is 8.54. The summed E-state index contributed by atoms with van der Waals surface area (Å²) in [4.78, 5) is 16.2. The van der Waals surface area contributed by atoms with Crippen molar-refractivity contribution in [2.75, 3.05) is 6.54 Å². The Morgan fingerprint density at radius 1 is 1.28 bits per heavy atom. The highest BCUT2D eigenvalue weighted by Crippen LogP contribution is 2.16. The molecule has 0 amide bonds. The van der Waals surface area contributed by atoms with Crippen LogP contribution in [0.25, 0.3) is 0 Å². The highest BCUT2D eigenvalue weighted by molar-refractivity contribution is 7.89. The number of hydrogen-bond acceptors (Lipinski definition) is 5. The molecule has 0 aromatic carbocycles.